The van der Waals surface area contributed by atoms with E-state index in [1.807, 2.05) is 22.8 Å². The molecule has 148 valence electrons. The number of rotatable bonds is 4. The second-order valence-corrected chi connectivity index (χ2v) is 6.67. The number of nitrogens with zero attached hydrogens (tertiary/aromatic N) is 6. The van der Waals surface area contributed by atoms with Crippen LogP contribution in [0.1, 0.15) is 22.8 Å². The van der Waals surface area contributed by atoms with E-state index in [0.29, 0.717) is 23.6 Å². The number of hydrogen-bond acceptors (Lipinski definition) is 6. The van der Waals surface area contributed by atoms with Crippen molar-refractivity contribution in [1.29, 1.82) is 5.26 Å². The minimum Gasteiger partial charge on any atom is -0.497 e. The van der Waals surface area contributed by atoms with Crippen LogP contribution in [0.3, 0.4) is 0 Å². The van der Waals surface area contributed by atoms with Crippen molar-refractivity contribution in [2.75, 3.05) is 7.11 Å². The molecular formula is C21H15FN6O2. The van der Waals surface area contributed by atoms with Crippen LogP contribution in [0, 0.1) is 17.1 Å². The van der Waals surface area contributed by atoms with E-state index in [1.54, 1.807) is 36.3 Å². The SMILES string of the molecule is COc1ccc2c(c1)-n1nnc(COc3ccccc3F)c1Cc1c(C#N)ncn1-2. The summed E-state index contributed by atoms with van der Waals surface area (Å²) in [5.41, 5.74) is 3.85. The summed E-state index contributed by atoms with van der Waals surface area (Å²) in [5.74, 6) is 0.344. The first-order chi connectivity index (χ1) is 14.7. The van der Waals surface area contributed by atoms with E-state index in [2.05, 4.69) is 21.4 Å². The maximum atomic E-state index is 13.9. The van der Waals surface area contributed by atoms with Gasteiger partial charge < -0.3 is 9.47 Å². The zero-order valence-electron chi connectivity index (χ0n) is 15.9. The summed E-state index contributed by atoms with van der Waals surface area (Å²) < 4.78 is 28.5. The van der Waals surface area contributed by atoms with Crippen molar-refractivity contribution in [2.24, 2.45) is 0 Å². The molecule has 2 aromatic carbocycles. The Morgan fingerprint density at radius 1 is 1.17 bits per heavy atom. The molecule has 9 heteroatoms. The number of halogens is 1. The van der Waals surface area contributed by atoms with E-state index < -0.39 is 5.82 Å². The third-order valence-electron chi connectivity index (χ3n) is 5.02. The van der Waals surface area contributed by atoms with Gasteiger partial charge in [-0.2, -0.15) is 5.26 Å². The lowest BCUT2D eigenvalue weighted by Crippen LogP contribution is -2.06. The number of ether oxygens (including phenoxy) is 2. The second kappa shape index (κ2) is 7.00. The third kappa shape index (κ3) is 2.78. The molecule has 4 aromatic rings. The van der Waals surface area contributed by atoms with E-state index in [9.17, 15) is 9.65 Å². The number of para-hydroxylation sites is 1. The molecule has 30 heavy (non-hydrogen) atoms. The van der Waals surface area contributed by atoms with Gasteiger partial charge in [-0.3, -0.25) is 4.57 Å². The standard InChI is InChI=1S/C21H15FN6O2/c1-29-13-6-7-17-20(8-13)28-19(9-18-15(10-23)24-12-27(17)18)16(25-26-28)11-30-21-5-3-2-4-14(21)22/h2-8,12H,9,11H2,1H3. The van der Waals surface area contributed by atoms with Gasteiger partial charge in [-0.25, -0.2) is 14.1 Å². The number of imidazole rings is 1. The van der Waals surface area contributed by atoms with Crippen molar-refractivity contribution < 1.29 is 13.9 Å². The number of hydrogen-bond donors (Lipinski definition) is 0. The number of benzene rings is 2. The molecule has 0 saturated heterocycles. The van der Waals surface area contributed by atoms with Crippen molar-refractivity contribution in [1.82, 2.24) is 24.5 Å². The zero-order valence-corrected chi connectivity index (χ0v) is 15.9. The van der Waals surface area contributed by atoms with Crippen molar-refractivity contribution in [3.05, 3.63) is 77.4 Å². The van der Waals surface area contributed by atoms with Crippen LogP contribution in [0.5, 0.6) is 11.5 Å². The highest BCUT2D eigenvalue weighted by atomic mass is 19.1. The fourth-order valence-electron chi connectivity index (χ4n) is 3.53. The number of nitriles is 1. The molecule has 8 nitrogen and oxygen atoms in total. The molecule has 0 bridgehead atoms. The zero-order chi connectivity index (χ0) is 20.7. The number of fused-ring (bicyclic) bond motifs is 5. The summed E-state index contributed by atoms with van der Waals surface area (Å²) in [6, 6.07) is 13.9. The fourth-order valence-corrected chi connectivity index (χ4v) is 3.53. The maximum Gasteiger partial charge on any atom is 0.165 e. The monoisotopic (exact) mass is 402 g/mol. The molecule has 2 aromatic heterocycles. The highest BCUT2D eigenvalue weighted by Crippen LogP contribution is 2.32. The van der Waals surface area contributed by atoms with E-state index in [4.69, 9.17) is 9.47 Å². The van der Waals surface area contributed by atoms with Crippen LogP contribution < -0.4 is 9.47 Å². The number of methoxy groups -OCH3 is 1. The van der Waals surface area contributed by atoms with E-state index in [1.165, 1.54) is 6.07 Å². The van der Waals surface area contributed by atoms with Crippen LogP contribution in [-0.4, -0.2) is 31.7 Å². The molecule has 3 heterocycles. The minimum absolute atomic E-state index is 0.0333. The molecule has 0 fully saturated rings. The third-order valence-corrected chi connectivity index (χ3v) is 5.02. The molecule has 0 amide bonds. The summed E-state index contributed by atoms with van der Waals surface area (Å²) in [4.78, 5) is 4.23. The predicted molar refractivity (Wildman–Crippen MR) is 103 cm³/mol. The summed E-state index contributed by atoms with van der Waals surface area (Å²) in [7, 11) is 1.59. The van der Waals surface area contributed by atoms with Gasteiger partial charge in [0.25, 0.3) is 0 Å². The van der Waals surface area contributed by atoms with Gasteiger partial charge in [0.2, 0.25) is 0 Å². The van der Waals surface area contributed by atoms with Crippen LogP contribution >= 0.6 is 0 Å². The lowest BCUT2D eigenvalue weighted by atomic mass is 10.1. The predicted octanol–water partition coefficient (Wildman–Crippen LogP) is 2.96. The van der Waals surface area contributed by atoms with Gasteiger partial charge in [-0.1, -0.05) is 17.3 Å². The molecule has 1 aliphatic rings. The molecule has 0 radical (unpaired) electrons. The van der Waals surface area contributed by atoms with Crippen molar-refractivity contribution in [3.8, 4) is 28.9 Å². The highest BCUT2D eigenvalue weighted by Gasteiger charge is 2.26. The Bertz CT molecular complexity index is 1300. The summed E-state index contributed by atoms with van der Waals surface area (Å²) >= 11 is 0. The quantitative estimate of drug-likeness (QED) is 0.459. The summed E-state index contributed by atoms with van der Waals surface area (Å²) in [6.45, 7) is 0.0333. The Balaban J connectivity index is 1.62. The molecule has 0 atom stereocenters. The first-order valence-corrected chi connectivity index (χ1v) is 9.15. The van der Waals surface area contributed by atoms with Crippen LogP contribution in [-0.2, 0) is 13.0 Å². The molecule has 0 unspecified atom stereocenters. The Morgan fingerprint density at radius 3 is 2.83 bits per heavy atom. The molecule has 0 aliphatic carbocycles. The van der Waals surface area contributed by atoms with Crippen LogP contribution in [0.4, 0.5) is 4.39 Å². The van der Waals surface area contributed by atoms with Crippen molar-refractivity contribution in [3.63, 3.8) is 0 Å². The molecule has 0 saturated carbocycles. The molecule has 5 rings (SSSR count). The Labute approximate surface area is 170 Å². The van der Waals surface area contributed by atoms with Gasteiger partial charge in [0.1, 0.15) is 30.4 Å². The van der Waals surface area contributed by atoms with E-state index in [0.717, 1.165) is 22.8 Å². The van der Waals surface area contributed by atoms with Crippen molar-refractivity contribution in [2.45, 2.75) is 13.0 Å². The topological polar surface area (TPSA) is 90.8 Å². The lowest BCUT2D eigenvalue weighted by Gasteiger charge is -2.11. The Hall–Kier alpha value is -4.19. The first kappa shape index (κ1) is 17.9. The van der Waals surface area contributed by atoms with Gasteiger partial charge >= 0.3 is 0 Å². The lowest BCUT2D eigenvalue weighted by molar-refractivity contribution is 0.285. The highest BCUT2D eigenvalue weighted by molar-refractivity contribution is 5.59. The first-order valence-electron chi connectivity index (χ1n) is 9.15. The summed E-state index contributed by atoms with van der Waals surface area (Å²) in [5, 5.41) is 18.1. The Kier molecular flexibility index (Phi) is 4.17. The molecule has 0 spiro atoms. The average Bonchev–Trinajstić information content (AvgIpc) is 3.33. The van der Waals surface area contributed by atoms with Crippen molar-refractivity contribution >= 4 is 0 Å². The smallest absolute Gasteiger partial charge is 0.165 e. The summed E-state index contributed by atoms with van der Waals surface area (Å²) in [6.07, 6.45) is 1.98. The van der Waals surface area contributed by atoms with Crippen LogP contribution in [0.15, 0.2) is 48.8 Å². The van der Waals surface area contributed by atoms with Gasteiger partial charge in [-0.05, 0) is 24.3 Å². The second-order valence-electron chi connectivity index (χ2n) is 6.67. The van der Waals surface area contributed by atoms with Crippen LogP contribution in [0.2, 0.25) is 0 Å². The van der Waals surface area contributed by atoms with Gasteiger partial charge in [-0.15, -0.1) is 5.10 Å². The molecule has 1 aliphatic heterocycles. The minimum atomic E-state index is -0.448. The van der Waals surface area contributed by atoms with Gasteiger partial charge in [0.05, 0.1) is 29.9 Å². The average molecular weight is 402 g/mol. The Morgan fingerprint density at radius 2 is 2.03 bits per heavy atom. The largest absolute Gasteiger partial charge is 0.497 e. The van der Waals surface area contributed by atoms with Crippen LogP contribution in [0.25, 0.3) is 11.4 Å². The van der Waals surface area contributed by atoms with Gasteiger partial charge in [0, 0.05) is 12.5 Å². The van der Waals surface area contributed by atoms with E-state index >= 15 is 0 Å². The van der Waals surface area contributed by atoms with Gasteiger partial charge in [0.15, 0.2) is 17.3 Å². The van der Waals surface area contributed by atoms with E-state index in [-0.39, 0.29) is 12.4 Å². The normalized spacial score (nSPS) is 11.6. The fraction of sp³-hybridized carbons (Fsp3) is 0.143. The maximum absolute atomic E-state index is 13.9. The number of aromatic nitrogens is 5. The molecule has 0 N–H and O–H groups in total. The molecular weight excluding hydrogens is 387 g/mol.